The summed E-state index contributed by atoms with van der Waals surface area (Å²) in [6.07, 6.45) is 3.47. The van der Waals surface area contributed by atoms with Crippen molar-refractivity contribution in [2.75, 3.05) is 7.11 Å². The second-order valence-corrected chi connectivity index (χ2v) is 8.37. The first-order chi connectivity index (χ1) is 10.7. The summed E-state index contributed by atoms with van der Waals surface area (Å²) in [4.78, 5) is 0. The minimum absolute atomic E-state index is 0.0655. The van der Waals surface area contributed by atoms with Crippen LogP contribution in [0.3, 0.4) is 0 Å². The molecule has 2 aliphatic rings. The Hall–Kier alpha value is -1.06. The van der Waals surface area contributed by atoms with Crippen LogP contribution in [0.25, 0.3) is 0 Å². The molecule has 0 aliphatic heterocycles. The number of aliphatic hydroxyl groups is 2. The van der Waals surface area contributed by atoms with Gasteiger partial charge in [0.15, 0.2) is 0 Å². The molecule has 3 heteroatoms. The molecule has 128 valence electrons. The van der Waals surface area contributed by atoms with Crippen molar-refractivity contribution in [1.29, 1.82) is 0 Å². The van der Waals surface area contributed by atoms with Crippen LogP contribution in [0, 0.1) is 18.3 Å². The predicted molar refractivity (Wildman–Crippen MR) is 91.9 cm³/mol. The Bertz CT molecular complexity index is 602. The Morgan fingerprint density at radius 3 is 2.61 bits per heavy atom. The molecule has 0 amide bonds. The van der Waals surface area contributed by atoms with E-state index in [0.717, 1.165) is 37.0 Å². The third-order valence-corrected chi connectivity index (χ3v) is 6.32. The minimum Gasteiger partial charge on any atom is -0.496 e. The first-order valence-electron chi connectivity index (χ1n) is 8.76. The molecule has 1 aromatic carbocycles. The summed E-state index contributed by atoms with van der Waals surface area (Å²) in [5.74, 6) is 1.16. The zero-order valence-electron chi connectivity index (χ0n) is 15.0. The summed E-state index contributed by atoms with van der Waals surface area (Å²) in [6.45, 7) is 8.05. The molecular formula is C20H30O3. The first kappa shape index (κ1) is 16.8. The lowest BCUT2D eigenvalue weighted by atomic mass is 9.64. The number of ether oxygens (including phenoxy) is 1. The van der Waals surface area contributed by atoms with Gasteiger partial charge in [0.05, 0.1) is 18.8 Å². The van der Waals surface area contributed by atoms with E-state index in [2.05, 4.69) is 26.0 Å². The van der Waals surface area contributed by atoms with E-state index in [1.807, 2.05) is 13.8 Å². The van der Waals surface area contributed by atoms with Gasteiger partial charge in [-0.05, 0) is 80.5 Å². The molecule has 1 fully saturated rings. The molecule has 0 radical (unpaired) electrons. The van der Waals surface area contributed by atoms with Gasteiger partial charge in [0.2, 0.25) is 0 Å². The Morgan fingerprint density at radius 1 is 1.30 bits per heavy atom. The van der Waals surface area contributed by atoms with Crippen molar-refractivity contribution in [2.45, 2.75) is 71.0 Å². The van der Waals surface area contributed by atoms with Crippen molar-refractivity contribution in [3.05, 3.63) is 28.8 Å². The standard InChI is InChI=1S/C20H30O3/c1-12-9-14-13(10-17(12)23-5)7-6-8-20(4)15(14)11-16(21)18(20)19(2,3)22/h9-10,15-16,18,21-22H,6-8,11H2,1-5H3/t15-,16+,18-,20+/m0/s1. The lowest BCUT2D eigenvalue weighted by molar-refractivity contribution is -0.0783. The van der Waals surface area contributed by atoms with E-state index in [-0.39, 0.29) is 11.3 Å². The van der Waals surface area contributed by atoms with Crippen molar-refractivity contribution in [1.82, 2.24) is 0 Å². The van der Waals surface area contributed by atoms with E-state index in [1.165, 1.54) is 11.1 Å². The highest BCUT2D eigenvalue weighted by molar-refractivity contribution is 5.46. The Morgan fingerprint density at radius 2 is 2.00 bits per heavy atom. The van der Waals surface area contributed by atoms with E-state index in [0.29, 0.717) is 5.92 Å². The molecule has 1 saturated carbocycles. The topological polar surface area (TPSA) is 49.7 Å². The third kappa shape index (κ3) is 2.58. The highest BCUT2D eigenvalue weighted by Crippen LogP contribution is 2.60. The number of hydrogen-bond acceptors (Lipinski definition) is 3. The van der Waals surface area contributed by atoms with Gasteiger partial charge in [0.25, 0.3) is 0 Å². The molecule has 0 aromatic heterocycles. The van der Waals surface area contributed by atoms with Crippen LogP contribution in [0.1, 0.15) is 62.6 Å². The predicted octanol–water partition coefficient (Wildman–Crippen LogP) is 3.58. The Labute approximate surface area is 139 Å². The maximum absolute atomic E-state index is 10.7. The number of methoxy groups -OCH3 is 1. The molecule has 0 bridgehead atoms. The summed E-state index contributed by atoms with van der Waals surface area (Å²) in [5, 5.41) is 21.4. The maximum Gasteiger partial charge on any atom is 0.122 e. The quantitative estimate of drug-likeness (QED) is 0.876. The third-order valence-electron chi connectivity index (χ3n) is 6.32. The summed E-state index contributed by atoms with van der Waals surface area (Å²) < 4.78 is 5.50. The molecule has 23 heavy (non-hydrogen) atoms. The average Bonchev–Trinajstić information content (AvgIpc) is 2.63. The fourth-order valence-electron chi connectivity index (χ4n) is 5.57. The Kier molecular flexibility index (Phi) is 4.01. The fourth-order valence-corrected chi connectivity index (χ4v) is 5.57. The van der Waals surface area contributed by atoms with Crippen LogP contribution in [0.15, 0.2) is 12.1 Å². The molecule has 2 N–H and O–H groups in total. The number of fused-ring (bicyclic) bond motifs is 3. The second kappa shape index (κ2) is 5.49. The molecular weight excluding hydrogens is 288 g/mol. The van der Waals surface area contributed by atoms with Crippen LogP contribution < -0.4 is 4.74 Å². The van der Waals surface area contributed by atoms with Gasteiger partial charge in [-0.15, -0.1) is 0 Å². The molecule has 3 nitrogen and oxygen atoms in total. The van der Waals surface area contributed by atoms with Crippen molar-refractivity contribution < 1.29 is 14.9 Å². The van der Waals surface area contributed by atoms with Crippen molar-refractivity contribution in [3.8, 4) is 5.75 Å². The Balaban J connectivity index is 2.12. The summed E-state index contributed by atoms with van der Waals surface area (Å²) >= 11 is 0. The molecule has 2 aliphatic carbocycles. The number of aryl methyl sites for hydroxylation is 2. The van der Waals surface area contributed by atoms with E-state index < -0.39 is 11.7 Å². The van der Waals surface area contributed by atoms with Gasteiger partial charge in [-0.25, -0.2) is 0 Å². The molecule has 3 rings (SSSR count). The zero-order chi connectivity index (χ0) is 17.0. The number of hydrogen-bond donors (Lipinski definition) is 2. The van der Waals surface area contributed by atoms with Gasteiger partial charge in [-0.1, -0.05) is 13.0 Å². The lowest BCUT2D eigenvalue weighted by Gasteiger charge is -2.43. The maximum atomic E-state index is 10.7. The van der Waals surface area contributed by atoms with Crippen LogP contribution in [-0.4, -0.2) is 29.0 Å². The van der Waals surface area contributed by atoms with Crippen LogP contribution in [0.4, 0.5) is 0 Å². The lowest BCUT2D eigenvalue weighted by Crippen LogP contribution is -2.45. The van der Waals surface area contributed by atoms with Gasteiger partial charge >= 0.3 is 0 Å². The van der Waals surface area contributed by atoms with Crippen molar-refractivity contribution >= 4 is 0 Å². The minimum atomic E-state index is -0.866. The molecule has 4 atom stereocenters. The van der Waals surface area contributed by atoms with Crippen LogP contribution in [-0.2, 0) is 6.42 Å². The highest BCUT2D eigenvalue weighted by Gasteiger charge is 2.57. The van der Waals surface area contributed by atoms with Gasteiger partial charge in [0.1, 0.15) is 5.75 Å². The van der Waals surface area contributed by atoms with E-state index >= 15 is 0 Å². The van der Waals surface area contributed by atoms with Crippen LogP contribution in [0.2, 0.25) is 0 Å². The number of aliphatic hydroxyl groups excluding tert-OH is 1. The van der Waals surface area contributed by atoms with Gasteiger partial charge in [-0.3, -0.25) is 0 Å². The summed E-state index contributed by atoms with van der Waals surface area (Å²) in [7, 11) is 1.72. The largest absolute Gasteiger partial charge is 0.496 e. The first-order valence-corrected chi connectivity index (χ1v) is 8.76. The SMILES string of the molecule is COc1cc2c(cc1C)[C@@H]1C[C@@H](O)[C@@H](C(C)(C)O)[C@]1(C)CCC2. The number of rotatable bonds is 2. The molecule has 0 spiro atoms. The second-order valence-electron chi connectivity index (χ2n) is 8.37. The number of benzene rings is 1. The fraction of sp³-hybridized carbons (Fsp3) is 0.700. The molecule has 0 heterocycles. The van der Waals surface area contributed by atoms with E-state index in [1.54, 1.807) is 7.11 Å². The smallest absolute Gasteiger partial charge is 0.122 e. The zero-order valence-corrected chi connectivity index (χ0v) is 15.0. The molecule has 0 unspecified atom stereocenters. The molecule has 0 saturated heterocycles. The van der Waals surface area contributed by atoms with Gasteiger partial charge < -0.3 is 14.9 Å². The van der Waals surface area contributed by atoms with Crippen molar-refractivity contribution in [2.24, 2.45) is 11.3 Å². The average molecular weight is 318 g/mol. The summed E-state index contributed by atoms with van der Waals surface area (Å²) in [5.41, 5.74) is 2.93. The van der Waals surface area contributed by atoms with E-state index in [9.17, 15) is 10.2 Å². The van der Waals surface area contributed by atoms with Crippen molar-refractivity contribution in [3.63, 3.8) is 0 Å². The monoisotopic (exact) mass is 318 g/mol. The van der Waals surface area contributed by atoms with Gasteiger partial charge in [-0.2, -0.15) is 0 Å². The summed E-state index contributed by atoms with van der Waals surface area (Å²) in [6, 6.07) is 4.43. The van der Waals surface area contributed by atoms with E-state index in [4.69, 9.17) is 4.74 Å². The van der Waals surface area contributed by atoms with Crippen LogP contribution >= 0.6 is 0 Å². The molecule has 1 aromatic rings. The van der Waals surface area contributed by atoms with Crippen LogP contribution in [0.5, 0.6) is 5.75 Å². The highest BCUT2D eigenvalue weighted by atomic mass is 16.5. The normalized spacial score (nSPS) is 33.8. The van der Waals surface area contributed by atoms with Gasteiger partial charge in [0, 0.05) is 5.92 Å².